The largest absolute Gasteiger partial charge is 0.480 e. The lowest BCUT2D eigenvalue weighted by molar-refractivity contribution is -0.142. The van der Waals surface area contributed by atoms with Crippen molar-refractivity contribution >= 4 is 50.0 Å². The zero-order valence-corrected chi connectivity index (χ0v) is 14.8. The molecule has 1 N–H and O–H groups in total. The van der Waals surface area contributed by atoms with Crippen molar-refractivity contribution in [1.29, 1.82) is 0 Å². The molecule has 9 heteroatoms. The Bertz CT molecular complexity index is 917. The number of carboxylic acid groups (broad SMARTS) is 1. The molecular weight excluding hydrogens is 375 g/mol. The molecule has 0 bridgehead atoms. The zero-order valence-electron chi connectivity index (χ0n) is 12.4. The van der Waals surface area contributed by atoms with E-state index >= 15 is 0 Å². The number of carboxylic acids is 1. The fourth-order valence-corrected chi connectivity index (χ4v) is 4.99. The molecule has 1 atom stereocenters. The third-order valence-corrected chi connectivity index (χ3v) is 6.61. The smallest absolute Gasteiger partial charge is 0.322 e. The van der Waals surface area contributed by atoms with Crippen molar-refractivity contribution in [1.82, 2.24) is 9.29 Å². The van der Waals surface area contributed by atoms with E-state index in [-0.39, 0.29) is 16.6 Å². The number of hydrogen-bond donors (Lipinski definition) is 1. The Morgan fingerprint density at radius 2 is 2.00 bits per heavy atom. The van der Waals surface area contributed by atoms with Crippen molar-refractivity contribution in [2.45, 2.75) is 30.2 Å². The first-order valence-corrected chi connectivity index (χ1v) is 9.50. The summed E-state index contributed by atoms with van der Waals surface area (Å²) in [6, 6.07) is 3.30. The quantitative estimate of drug-likeness (QED) is 0.815. The Hall–Kier alpha value is -1.41. The summed E-state index contributed by atoms with van der Waals surface area (Å²) in [5.41, 5.74) is 0. The standard InChI is InChI=1S/C15H14Cl2N2O4S/c16-12-8-18-14(17)11-7-9(4-5-10(11)12)24(22,23)19-6-2-1-3-13(19)15(20)21/h4-5,7-8,13H,1-3,6H2,(H,20,21)/t13-/m1/s1. The van der Waals surface area contributed by atoms with E-state index in [4.69, 9.17) is 23.2 Å². The monoisotopic (exact) mass is 388 g/mol. The van der Waals surface area contributed by atoms with Gasteiger partial charge in [-0.2, -0.15) is 4.31 Å². The van der Waals surface area contributed by atoms with Crippen LogP contribution in [0.1, 0.15) is 19.3 Å². The van der Waals surface area contributed by atoms with E-state index in [9.17, 15) is 18.3 Å². The molecule has 6 nitrogen and oxygen atoms in total. The number of benzene rings is 1. The van der Waals surface area contributed by atoms with Gasteiger partial charge in [0.15, 0.2) is 0 Å². The first kappa shape index (κ1) is 17.4. The van der Waals surface area contributed by atoms with Crippen LogP contribution >= 0.6 is 23.2 Å². The van der Waals surface area contributed by atoms with Crippen LogP contribution in [-0.4, -0.2) is 41.4 Å². The Labute approximate surface area is 149 Å². The van der Waals surface area contributed by atoms with Gasteiger partial charge >= 0.3 is 5.97 Å². The summed E-state index contributed by atoms with van der Waals surface area (Å²) in [6.07, 6.45) is 3.01. The molecule has 0 aliphatic carbocycles. The van der Waals surface area contributed by atoms with E-state index in [1.165, 1.54) is 18.3 Å². The molecule has 1 aromatic carbocycles. The molecule has 24 heavy (non-hydrogen) atoms. The number of aromatic nitrogens is 1. The molecular formula is C15H14Cl2N2O4S. The molecule has 1 fully saturated rings. The normalized spacial score (nSPS) is 19.5. The van der Waals surface area contributed by atoms with Gasteiger partial charge in [-0.3, -0.25) is 4.79 Å². The van der Waals surface area contributed by atoms with Crippen LogP contribution in [0.2, 0.25) is 10.2 Å². The number of hydrogen-bond acceptors (Lipinski definition) is 4. The highest BCUT2D eigenvalue weighted by Crippen LogP contribution is 2.32. The maximum atomic E-state index is 12.9. The highest BCUT2D eigenvalue weighted by Gasteiger charge is 2.37. The van der Waals surface area contributed by atoms with Crippen LogP contribution in [0, 0.1) is 0 Å². The Morgan fingerprint density at radius 1 is 1.25 bits per heavy atom. The van der Waals surface area contributed by atoms with Gasteiger partial charge in [-0.05, 0) is 31.4 Å². The molecule has 0 unspecified atom stereocenters. The van der Waals surface area contributed by atoms with Gasteiger partial charge in [0.1, 0.15) is 11.2 Å². The van der Waals surface area contributed by atoms with Crippen LogP contribution in [0.15, 0.2) is 29.3 Å². The maximum Gasteiger partial charge on any atom is 0.322 e. The van der Waals surface area contributed by atoms with E-state index in [0.717, 1.165) is 4.31 Å². The number of nitrogens with zero attached hydrogens (tertiary/aromatic N) is 2. The molecule has 0 amide bonds. The number of pyridine rings is 1. The van der Waals surface area contributed by atoms with Gasteiger partial charge in [0.25, 0.3) is 0 Å². The lowest BCUT2D eigenvalue weighted by atomic mass is 10.1. The van der Waals surface area contributed by atoms with Gasteiger partial charge < -0.3 is 5.11 Å². The summed E-state index contributed by atoms with van der Waals surface area (Å²) in [7, 11) is -3.95. The number of fused-ring (bicyclic) bond motifs is 1. The minimum Gasteiger partial charge on any atom is -0.480 e. The second-order valence-corrected chi connectivity index (χ2v) is 8.23. The lowest BCUT2D eigenvalue weighted by Crippen LogP contribution is -2.47. The van der Waals surface area contributed by atoms with Crippen LogP contribution in [0.25, 0.3) is 10.8 Å². The summed E-state index contributed by atoms with van der Waals surface area (Å²) in [5, 5.41) is 10.8. The fourth-order valence-electron chi connectivity index (χ4n) is 2.89. The number of sulfonamides is 1. The third-order valence-electron chi connectivity index (χ3n) is 4.11. The van der Waals surface area contributed by atoms with E-state index in [2.05, 4.69) is 4.98 Å². The summed E-state index contributed by atoms with van der Waals surface area (Å²) in [6.45, 7) is 0.179. The predicted molar refractivity (Wildman–Crippen MR) is 90.9 cm³/mol. The molecule has 3 rings (SSSR count). The summed E-state index contributed by atoms with van der Waals surface area (Å²) in [4.78, 5) is 15.3. The zero-order chi connectivity index (χ0) is 17.5. The van der Waals surface area contributed by atoms with Crippen LogP contribution in [-0.2, 0) is 14.8 Å². The van der Waals surface area contributed by atoms with E-state index < -0.39 is 22.0 Å². The van der Waals surface area contributed by atoms with Gasteiger partial charge in [-0.25, -0.2) is 13.4 Å². The molecule has 0 radical (unpaired) electrons. The average molecular weight is 389 g/mol. The maximum absolute atomic E-state index is 12.9. The summed E-state index contributed by atoms with van der Waals surface area (Å²) in [5.74, 6) is -1.14. The van der Waals surface area contributed by atoms with Crippen molar-refractivity contribution in [3.63, 3.8) is 0 Å². The van der Waals surface area contributed by atoms with E-state index in [1.807, 2.05) is 0 Å². The number of piperidine rings is 1. The molecule has 0 spiro atoms. The van der Waals surface area contributed by atoms with Crippen molar-refractivity contribution in [2.24, 2.45) is 0 Å². The molecule has 2 aromatic rings. The molecule has 1 aromatic heterocycles. The van der Waals surface area contributed by atoms with Crippen molar-refractivity contribution < 1.29 is 18.3 Å². The predicted octanol–water partition coefficient (Wildman–Crippen LogP) is 3.17. The number of aliphatic carboxylic acids is 1. The van der Waals surface area contributed by atoms with Gasteiger partial charge in [0, 0.05) is 23.5 Å². The van der Waals surface area contributed by atoms with E-state index in [1.54, 1.807) is 6.07 Å². The van der Waals surface area contributed by atoms with Crippen LogP contribution in [0.4, 0.5) is 0 Å². The number of carbonyl (C=O) groups is 1. The van der Waals surface area contributed by atoms with Crippen LogP contribution in [0.5, 0.6) is 0 Å². The lowest BCUT2D eigenvalue weighted by Gasteiger charge is -2.31. The highest BCUT2D eigenvalue weighted by atomic mass is 35.5. The fraction of sp³-hybridized carbons (Fsp3) is 0.333. The van der Waals surface area contributed by atoms with Crippen molar-refractivity contribution in [3.8, 4) is 0 Å². The SMILES string of the molecule is O=C(O)[C@H]1CCCCN1S(=O)(=O)c1ccc2c(Cl)cnc(Cl)c2c1. The third kappa shape index (κ3) is 2.97. The Morgan fingerprint density at radius 3 is 2.71 bits per heavy atom. The summed E-state index contributed by atoms with van der Waals surface area (Å²) < 4.78 is 26.9. The Kier molecular flexibility index (Phi) is 4.70. The minimum absolute atomic E-state index is 0.0193. The first-order chi connectivity index (χ1) is 11.3. The number of rotatable bonds is 3. The second kappa shape index (κ2) is 6.48. The van der Waals surface area contributed by atoms with Crippen LogP contribution in [0.3, 0.4) is 0 Å². The molecule has 1 aliphatic rings. The number of halogens is 2. The topological polar surface area (TPSA) is 87.6 Å². The summed E-state index contributed by atoms with van der Waals surface area (Å²) >= 11 is 12.1. The highest BCUT2D eigenvalue weighted by molar-refractivity contribution is 7.89. The van der Waals surface area contributed by atoms with Crippen molar-refractivity contribution in [2.75, 3.05) is 6.54 Å². The molecule has 1 aliphatic heterocycles. The van der Waals surface area contributed by atoms with Gasteiger partial charge in [-0.15, -0.1) is 0 Å². The molecule has 2 heterocycles. The van der Waals surface area contributed by atoms with Crippen LogP contribution < -0.4 is 0 Å². The average Bonchev–Trinajstić information content (AvgIpc) is 2.58. The van der Waals surface area contributed by atoms with Gasteiger partial charge in [-0.1, -0.05) is 29.3 Å². The van der Waals surface area contributed by atoms with E-state index in [0.29, 0.717) is 35.1 Å². The molecule has 0 saturated carbocycles. The van der Waals surface area contributed by atoms with Gasteiger partial charge in [0.2, 0.25) is 10.0 Å². The second-order valence-electron chi connectivity index (χ2n) is 5.57. The Balaban J connectivity index is 2.11. The van der Waals surface area contributed by atoms with Gasteiger partial charge in [0.05, 0.1) is 9.92 Å². The van der Waals surface area contributed by atoms with Crippen molar-refractivity contribution in [3.05, 3.63) is 34.6 Å². The molecule has 1 saturated heterocycles. The molecule has 128 valence electrons. The first-order valence-electron chi connectivity index (χ1n) is 7.31. The minimum atomic E-state index is -3.95.